The van der Waals surface area contributed by atoms with Gasteiger partial charge in [-0.25, -0.2) is 0 Å². The zero-order chi connectivity index (χ0) is 16.9. The van der Waals surface area contributed by atoms with E-state index in [4.69, 9.17) is 33.7 Å². The lowest BCUT2D eigenvalue weighted by Gasteiger charge is -2.14. The van der Waals surface area contributed by atoms with Crippen molar-refractivity contribution < 1.29 is 4.74 Å². The fourth-order valence-electron chi connectivity index (χ4n) is 2.48. The standard InChI is InChI=1S/C20H17Cl2NO/c21-16-7-9-17(19(22)11-16)18-8-6-15(12-23)10-20(18)24-13-14-4-2-1-3-5-14/h1-11H,12-13,23H2. The van der Waals surface area contributed by atoms with E-state index in [1.807, 2.05) is 60.7 Å². The molecule has 0 bridgehead atoms. The Morgan fingerprint density at radius 2 is 1.54 bits per heavy atom. The van der Waals surface area contributed by atoms with Crippen LogP contribution in [0.4, 0.5) is 0 Å². The molecular weight excluding hydrogens is 341 g/mol. The van der Waals surface area contributed by atoms with E-state index in [-0.39, 0.29) is 0 Å². The van der Waals surface area contributed by atoms with Crippen LogP contribution in [0.25, 0.3) is 11.1 Å². The third-order valence-corrected chi connectivity index (χ3v) is 4.29. The Morgan fingerprint density at radius 3 is 2.25 bits per heavy atom. The van der Waals surface area contributed by atoms with Gasteiger partial charge in [0.25, 0.3) is 0 Å². The van der Waals surface area contributed by atoms with Crippen LogP contribution in [0.1, 0.15) is 11.1 Å². The molecule has 24 heavy (non-hydrogen) atoms. The number of rotatable bonds is 5. The third-order valence-electron chi connectivity index (χ3n) is 3.74. The quantitative estimate of drug-likeness (QED) is 0.635. The lowest BCUT2D eigenvalue weighted by atomic mass is 10.0. The molecule has 0 amide bonds. The highest BCUT2D eigenvalue weighted by Crippen LogP contribution is 2.37. The van der Waals surface area contributed by atoms with Crippen molar-refractivity contribution in [3.05, 3.63) is 87.9 Å². The van der Waals surface area contributed by atoms with Gasteiger partial charge in [0.2, 0.25) is 0 Å². The van der Waals surface area contributed by atoms with Gasteiger partial charge in [-0.1, -0.05) is 71.7 Å². The molecule has 0 spiro atoms. The molecule has 0 fully saturated rings. The minimum atomic E-state index is 0.455. The van der Waals surface area contributed by atoms with Gasteiger partial charge in [0.05, 0.1) is 5.02 Å². The summed E-state index contributed by atoms with van der Waals surface area (Å²) in [6, 6.07) is 21.4. The van der Waals surface area contributed by atoms with E-state index in [0.717, 1.165) is 28.0 Å². The number of benzene rings is 3. The molecule has 0 aliphatic heterocycles. The van der Waals surface area contributed by atoms with Gasteiger partial charge in [-0.2, -0.15) is 0 Å². The maximum atomic E-state index is 6.36. The molecule has 0 aromatic heterocycles. The molecule has 0 aliphatic carbocycles. The first-order valence-corrected chi connectivity index (χ1v) is 8.38. The molecule has 0 saturated carbocycles. The Bertz CT molecular complexity index is 834. The summed E-state index contributed by atoms with van der Waals surface area (Å²) >= 11 is 12.4. The zero-order valence-electron chi connectivity index (χ0n) is 13.0. The molecule has 0 saturated heterocycles. The van der Waals surface area contributed by atoms with Crippen molar-refractivity contribution in [2.45, 2.75) is 13.2 Å². The van der Waals surface area contributed by atoms with Crippen molar-refractivity contribution >= 4 is 23.2 Å². The molecule has 3 rings (SSSR count). The molecule has 3 aromatic rings. The minimum Gasteiger partial charge on any atom is -0.488 e. The molecule has 2 N–H and O–H groups in total. The van der Waals surface area contributed by atoms with Gasteiger partial charge < -0.3 is 10.5 Å². The molecule has 2 nitrogen and oxygen atoms in total. The van der Waals surface area contributed by atoms with Crippen molar-refractivity contribution in [2.75, 3.05) is 0 Å². The zero-order valence-corrected chi connectivity index (χ0v) is 14.5. The van der Waals surface area contributed by atoms with Gasteiger partial charge in [-0.05, 0) is 29.3 Å². The maximum Gasteiger partial charge on any atom is 0.128 e. The van der Waals surface area contributed by atoms with Crippen molar-refractivity contribution in [2.24, 2.45) is 5.73 Å². The number of hydrogen-bond donors (Lipinski definition) is 1. The molecular formula is C20H17Cl2NO. The van der Waals surface area contributed by atoms with Crippen molar-refractivity contribution in [3.8, 4) is 16.9 Å². The Hall–Kier alpha value is -2.00. The second-order valence-electron chi connectivity index (χ2n) is 5.43. The predicted octanol–water partition coefficient (Wildman–Crippen LogP) is 5.70. The highest BCUT2D eigenvalue weighted by Gasteiger charge is 2.11. The van der Waals surface area contributed by atoms with Gasteiger partial charge >= 0.3 is 0 Å². The minimum absolute atomic E-state index is 0.455. The number of hydrogen-bond acceptors (Lipinski definition) is 2. The second kappa shape index (κ2) is 7.71. The van der Waals surface area contributed by atoms with Crippen LogP contribution in [0.15, 0.2) is 66.7 Å². The van der Waals surface area contributed by atoms with Crippen LogP contribution >= 0.6 is 23.2 Å². The number of halogens is 2. The molecule has 0 unspecified atom stereocenters. The molecule has 4 heteroatoms. The first-order valence-electron chi connectivity index (χ1n) is 7.62. The van der Waals surface area contributed by atoms with E-state index in [2.05, 4.69) is 0 Å². The van der Waals surface area contributed by atoms with Gasteiger partial charge in [0, 0.05) is 22.7 Å². The summed E-state index contributed by atoms with van der Waals surface area (Å²) < 4.78 is 6.06. The average molecular weight is 358 g/mol. The highest BCUT2D eigenvalue weighted by atomic mass is 35.5. The van der Waals surface area contributed by atoms with E-state index in [1.54, 1.807) is 6.07 Å². The van der Waals surface area contributed by atoms with Crippen molar-refractivity contribution in [1.82, 2.24) is 0 Å². The Labute approximate surface area is 151 Å². The Morgan fingerprint density at radius 1 is 0.792 bits per heavy atom. The fourth-order valence-corrected chi connectivity index (χ4v) is 2.99. The summed E-state index contributed by atoms with van der Waals surface area (Å²) in [7, 11) is 0. The van der Waals surface area contributed by atoms with E-state index in [9.17, 15) is 0 Å². The molecule has 3 aromatic carbocycles. The van der Waals surface area contributed by atoms with Crippen LogP contribution in [0.5, 0.6) is 5.75 Å². The summed E-state index contributed by atoms with van der Waals surface area (Å²) in [6.45, 7) is 0.934. The van der Waals surface area contributed by atoms with Crippen LogP contribution in [-0.4, -0.2) is 0 Å². The lowest BCUT2D eigenvalue weighted by Crippen LogP contribution is -2.01. The number of nitrogens with two attached hydrogens (primary N) is 1. The average Bonchev–Trinajstić information content (AvgIpc) is 2.61. The Balaban J connectivity index is 1.96. The molecule has 0 aliphatic rings. The summed E-state index contributed by atoms with van der Waals surface area (Å²) in [6.07, 6.45) is 0. The van der Waals surface area contributed by atoms with Crippen LogP contribution in [0.3, 0.4) is 0 Å². The largest absolute Gasteiger partial charge is 0.488 e. The topological polar surface area (TPSA) is 35.2 Å². The van der Waals surface area contributed by atoms with Gasteiger partial charge in [-0.3, -0.25) is 0 Å². The van der Waals surface area contributed by atoms with Crippen molar-refractivity contribution in [1.29, 1.82) is 0 Å². The summed E-state index contributed by atoms with van der Waals surface area (Å²) in [4.78, 5) is 0. The SMILES string of the molecule is NCc1ccc(-c2ccc(Cl)cc2Cl)c(OCc2ccccc2)c1. The summed E-state index contributed by atoms with van der Waals surface area (Å²) in [5.41, 5.74) is 9.68. The molecule has 122 valence electrons. The lowest BCUT2D eigenvalue weighted by molar-refractivity contribution is 0.307. The van der Waals surface area contributed by atoms with E-state index < -0.39 is 0 Å². The normalized spacial score (nSPS) is 10.6. The first kappa shape index (κ1) is 16.8. The Kier molecular flexibility index (Phi) is 5.41. The van der Waals surface area contributed by atoms with Crippen molar-refractivity contribution in [3.63, 3.8) is 0 Å². The van der Waals surface area contributed by atoms with Crippen LogP contribution in [0.2, 0.25) is 10.0 Å². The molecule has 0 atom stereocenters. The van der Waals surface area contributed by atoms with Crippen LogP contribution < -0.4 is 10.5 Å². The summed E-state index contributed by atoms with van der Waals surface area (Å²) in [5.74, 6) is 0.756. The smallest absolute Gasteiger partial charge is 0.128 e. The van der Waals surface area contributed by atoms with E-state index >= 15 is 0 Å². The molecule has 0 heterocycles. The second-order valence-corrected chi connectivity index (χ2v) is 6.28. The van der Waals surface area contributed by atoms with Crippen LogP contribution in [0, 0.1) is 0 Å². The van der Waals surface area contributed by atoms with Gasteiger partial charge in [0.1, 0.15) is 12.4 Å². The van der Waals surface area contributed by atoms with Gasteiger partial charge in [0.15, 0.2) is 0 Å². The van der Waals surface area contributed by atoms with Gasteiger partial charge in [-0.15, -0.1) is 0 Å². The van der Waals surface area contributed by atoms with E-state index in [1.165, 1.54) is 0 Å². The first-order chi connectivity index (χ1) is 11.7. The highest BCUT2D eigenvalue weighted by molar-refractivity contribution is 6.36. The van der Waals surface area contributed by atoms with E-state index in [0.29, 0.717) is 23.2 Å². The monoisotopic (exact) mass is 357 g/mol. The van der Waals surface area contributed by atoms with Crippen LogP contribution in [-0.2, 0) is 13.2 Å². The fraction of sp³-hybridized carbons (Fsp3) is 0.100. The third kappa shape index (κ3) is 3.90. The summed E-state index contributed by atoms with van der Waals surface area (Å²) in [5, 5.41) is 1.20. The number of ether oxygens (including phenoxy) is 1. The maximum absolute atomic E-state index is 6.36. The molecule has 0 radical (unpaired) electrons. The predicted molar refractivity (Wildman–Crippen MR) is 101 cm³/mol.